The van der Waals surface area contributed by atoms with Gasteiger partial charge in [0.15, 0.2) is 6.61 Å². The minimum Gasteiger partial charge on any atom is -0.467 e. The highest BCUT2D eigenvalue weighted by Gasteiger charge is 2.12. The number of benzene rings is 1. The molecule has 1 N–H and O–H groups in total. The molecule has 2 rings (SSSR count). The van der Waals surface area contributed by atoms with Crippen LogP contribution in [0.15, 0.2) is 47.1 Å². The molecule has 0 atom stereocenters. The summed E-state index contributed by atoms with van der Waals surface area (Å²) in [4.78, 5) is 33.1. The normalized spacial score (nSPS) is 10.0. The van der Waals surface area contributed by atoms with Gasteiger partial charge in [-0.3, -0.25) is 14.9 Å². The Labute approximate surface area is 124 Å². The van der Waals surface area contributed by atoms with Gasteiger partial charge >= 0.3 is 5.97 Å². The Kier molecular flexibility index (Phi) is 4.86. The lowest BCUT2D eigenvalue weighted by Gasteiger charge is -2.05. The van der Waals surface area contributed by atoms with E-state index in [1.807, 2.05) is 0 Å². The lowest BCUT2D eigenvalue weighted by Crippen LogP contribution is -2.28. The predicted molar refractivity (Wildman–Crippen MR) is 73.9 cm³/mol. The highest BCUT2D eigenvalue weighted by atomic mass is 16.6. The quantitative estimate of drug-likeness (QED) is 0.493. The number of hydrogen-bond acceptors (Lipinski definition) is 6. The molecule has 0 aliphatic carbocycles. The SMILES string of the molecule is O=C(COC(=O)c1ccc([N+](=O)[O-])cc1)NCc1ccco1. The van der Waals surface area contributed by atoms with Crippen LogP contribution in [0, 0.1) is 10.1 Å². The summed E-state index contributed by atoms with van der Waals surface area (Å²) in [5, 5.41) is 13.0. The van der Waals surface area contributed by atoms with Gasteiger partial charge in [-0.1, -0.05) is 0 Å². The van der Waals surface area contributed by atoms with Crippen molar-refractivity contribution in [3.63, 3.8) is 0 Å². The Balaban J connectivity index is 1.79. The molecule has 1 amide bonds. The third-order valence-electron chi connectivity index (χ3n) is 2.69. The van der Waals surface area contributed by atoms with Crippen LogP contribution in [0.3, 0.4) is 0 Å². The van der Waals surface area contributed by atoms with Crippen molar-refractivity contribution in [1.82, 2.24) is 5.32 Å². The third kappa shape index (κ3) is 4.17. The van der Waals surface area contributed by atoms with Crippen molar-refractivity contribution in [2.24, 2.45) is 0 Å². The molecule has 0 saturated heterocycles. The molecule has 0 aliphatic rings. The van der Waals surface area contributed by atoms with Gasteiger partial charge in [0.25, 0.3) is 11.6 Å². The van der Waals surface area contributed by atoms with E-state index < -0.39 is 23.4 Å². The van der Waals surface area contributed by atoms with Crippen LogP contribution in [0.5, 0.6) is 0 Å². The standard InChI is InChI=1S/C14H12N2O6/c17-13(15-8-12-2-1-7-21-12)9-22-14(18)10-3-5-11(6-4-10)16(19)20/h1-7H,8-9H2,(H,15,17). The molecule has 22 heavy (non-hydrogen) atoms. The van der Waals surface area contributed by atoms with Gasteiger partial charge in [0, 0.05) is 12.1 Å². The van der Waals surface area contributed by atoms with E-state index in [9.17, 15) is 19.7 Å². The molecule has 1 heterocycles. The number of furan rings is 1. The number of hydrogen-bond donors (Lipinski definition) is 1. The van der Waals surface area contributed by atoms with Crippen molar-refractivity contribution in [2.75, 3.05) is 6.61 Å². The molecule has 8 heteroatoms. The zero-order chi connectivity index (χ0) is 15.9. The largest absolute Gasteiger partial charge is 0.467 e. The van der Waals surface area contributed by atoms with Crippen LogP contribution in [0.1, 0.15) is 16.1 Å². The van der Waals surface area contributed by atoms with Crippen molar-refractivity contribution in [2.45, 2.75) is 6.54 Å². The number of rotatable bonds is 6. The Morgan fingerprint density at radius 3 is 2.55 bits per heavy atom. The van der Waals surface area contributed by atoms with Gasteiger partial charge in [-0.15, -0.1) is 0 Å². The van der Waals surface area contributed by atoms with E-state index in [0.29, 0.717) is 5.76 Å². The second kappa shape index (κ2) is 7.02. The number of carbonyl (C=O) groups is 2. The first-order chi connectivity index (χ1) is 10.6. The second-order valence-electron chi connectivity index (χ2n) is 4.24. The summed E-state index contributed by atoms with van der Waals surface area (Å²) >= 11 is 0. The third-order valence-corrected chi connectivity index (χ3v) is 2.69. The zero-order valence-electron chi connectivity index (χ0n) is 11.4. The van der Waals surface area contributed by atoms with Crippen LogP contribution in [0.25, 0.3) is 0 Å². The maximum atomic E-state index is 11.7. The van der Waals surface area contributed by atoms with E-state index in [1.165, 1.54) is 30.5 Å². The molecule has 1 aromatic heterocycles. The number of nitro groups is 1. The van der Waals surface area contributed by atoms with Gasteiger partial charge in [0.2, 0.25) is 0 Å². The number of esters is 1. The smallest absolute Gasteiger partial charge is 0.338 e. The van der Waals surface area contributed by atoms with Crippen molar-refractivity contribution >= 4 is 17.6 Å². The van der Waals surface area contributed by atoms with Gasteiger partial charge in [0.1, 0.15) is 5.76 Å². The molecule has 2 aromatic rings. The van der Waals surface area contributed by atoms with E-state index >= 15 is 0 Å². The first kappa shape index (κ1) is 15.2. The molecular formula is C14H12N2O6. The van der Waals surface area contributed by atoms with Gasteiger partial charge in [-0.05, 0) is 24.3 Å². The fourth-order valence-corrected chi connectivity index (χ4v) is 1.58. The summed E-state index contributed by atoms with van der Waals surface area (Å²) in [6.45, 7) is -0.253. The molecule has 8 nitrogen and oxygen atoms in total. The minimum atomic E-state index is -0.733. The molecule has 0 unspecified atom stereocenters. The molecule has 114 valence electrons. The lowest BCUT2D eigenvalue weighted by atomic mass is 10.2. The van der Waals surface area contributed by atoms with E-state index in [2.05, 4.69) is 5.32 Å². The number of ether oxygens (including phenoxy) is 1. The summed E-state index contributed by atoms with van der Waals surface area (Å²) in [6, 6.07) is 8.29. The average Bonchev–Trinajstić information content (AvgIpc) is 3.04. The molecule has 0 fully saturated rings. The number of nitro benzene ring substituents is 1. The maximum Gasteiger partial charge on any atom is 0.338 e. The van der Waals surface area contributed by atoms with Crippen molar-refractivity contribution in [1.29, 1.82) is 0 Å². The topological polar surface area (TPSA) is 112 Å². The Morgan fingerprint density at radius 1 is 1.23 bits per heavy atom. The van der Waals surface area contributed by atoms with Gasteiger partial charge in [-0.2, -0.15) is 0 Å². The summed E-state index contributed by atoms with van der Waals surface area (Å²) in [5.41, 5.74) is -0.00262. The lowest BCUT2D eigenvalue weighted by molar-refractivity contribution is -0.384. The summed E-state index contributed by atoms with van der Waals surface area (Å²) < 4.78 is 9.84. The second-order valence-corrected chi connectivity index (χ2v) is 4.24. The van der Waals surface area contributed by atoms with Crippen LogP contribution in [-0.2, 0) is 16.1 Å². The Bertz CT molecular complexity index is 663. The predicted octanol–water partition coefficient (Wildman–Crippen LogP) is 1.66. The number of nitrogens with zero attached hydrogens (tertiary/aromatic N) is 1. The first-order valence-electron chi connectivity index (χ1n) is 6.27. The highest BCUT2D eigenvalue weighted by Crippen LogP contribution is 2.12. The van der Waals surface area contributed by atoms with E-state index in [4.69, 9.17) is 9.15 Å². The zero-order valence-corrected chi connectivity index (χ0v) is 11.4. The van der Waals surface area contributed by atoms with Gasteiger partial charge in [0.05, 0.1) is 23.3 Å². The first-order valence-corrected chi connectivity index (χ1v) is 6.27. The maximum absolute atomic E-state index is 11.7. The van der Waals surface area contributed by atoms with E-state index in [0.717, 1.165) is 0 Å². The van der Waals surface area contributed by atoms with Crippen LogP contribution in [-0.4, -0.2) is 23.4 Å². The van der Waals surface area contributed by atoms with Crippen molar-refractivity contribution < 1.29 is 23.7 Å². The number of amides is 1. The number of non-ortho nitro benzene ring substituents is 1. The summed E-state index contributed by atoms with van der Waals surface area (Å²) in [5.74, 6) is -0.634. The Morgan fingerprint density at radius 2 is 1.95 bits per heavy atom. The molecular weight excluding hydrogens is 292 g/mol. The Hall–Kier alpha value is -3.16. The van der Waals surface area contributed by atoms with Crippen LogP contribution in [0.4, 0.5) is 5.69 Å². The van der Waals surface area contributed by atoms with Crippen LogP contribution < -0.4 is 5.32 Å². The molecule has 0 bridgehead atoms. The summed E-state index contributed by atoms with van der Waals surface area (Å²) in [6.07, 6.45) is 1.48. The van der Waals surface area contributed by atoms with Gasteiger partial charge < -0.3 is 14.5 Å². The molecule has 0 saturated carbocycles. The molecule has 0 aliphatic heterocycles. The van der Waals surface area contributed by atoms with Crippen molar-refractivity contribution in [3.05, 3.63) is 64.1 Å². The van der Waals surface area contributed by atoms with Crippen LogP contribution >= 0.6 is 0 Å². The number of carbonyl (C=O) groups excluding carboxylic acids is 2. The monoisotopic (exact) mass is 304 g/mol. The van der Waals surface area contributed by atoms with E-state index in [1.54, 1.807) is 12.1 Å². The molecule has 0 radical (unpaired) electrons. The minimum absolute atomic E-state index is 0.129. The van der Waals surface area contributed by atoms with Gasteiger partial charge in [-0.25, -0.2) is 4.79 Å². The van der Waals surface area contributed by atoms with Crippen LogP contribution in [0.2, 0.25) is 0 Å². The molecule has 0 spiro atoms. The average molecular weight is 304 g/mol. The van der Waals surface area contributed by atoms with E-state index in [-0.39, 0.29) is 17.8 Å². The van der Waals surface area contributed by atoms with Crippen molar-refractivity contribution in [3.8, 4) is 0 Å². The number of nitrogens with one attached hydrogen (secondary N) is 1. The molecule has 1 aromatic carbocycles. The highest BCUT2D eigenvalue weighted by molar-refractivity contribution is 5.91. The fraction of sp³-hybridized carbons (Fsp3) is 0.143. The summed E-state index contributed by atoms with van der Waals surface area (Å²) in [7, 11) is 0. The fourth-order valence-electron chi connectivity index (χ4n) is 1.58.